The Bertz CT molecular complexity index is 1320. The molecule has 1 aliphatic rings. The Kier molecular flexibility index (Phi) is 5.56. The van der Waals surface area contributed by atoms with Gasteiger partial charge in [-0.25, -0.2) is 0 Å². The zero-order valence-corrected chi connectivity index (χ0v) is 19.8. The molecule has 33 heavy (non-hydrogen) atoms. The van der Waals surface area contributed by atoms with Crippen molar-refractivity contribution in [3.63, 3.8) is 0 Å². The third kappa shape index (κ3) is 3.86. The molecule has 0 spiro atoms. The Morgan fingerprint density at radius 2 is 1.76 bits per heavy atom. The Hall–Kier alpha value is -3.35. The van der Waals surface area contributed by atoms with Crippen molar-refractivity contribution in [1.82, 2.24) is 14.9 Å². The minimum absolute atomic E-state index is 0.129. The van der Waals surface area contributed by atoms with Crippen LogP contribution < -0.4 is 10.2 Å². The fourth-order valence-electron chi connectivity index (χ4n) is 4.66. The Labute approximate surface area is 203 Å². The summed E-state index contributed by atoms with van der Waals surface area (Å²) in [6.45, 7) is 4.22. The molecule has 0 unspecified atom stereocenters. The first-order valence-electron chi connectivity index (χ1n) is 10.7. The predicted octanol–water partition coefficient (Wildman–Crippen LogP) is 6.03. The number of rotatable bonds is 4. The maximum absolute atomic E-state index is 9.82. The maximum atomic E-state index is 9.82. The molecular formula is C26H23ClN4OS. The molecule has 0 radical (unpaired) electrons. The summed E-state index contributed by atoms with van der Waals surface area (Å²) in [7, 11) is 0. The van der Waals surface area contributed by atoms with E-state index in [0.717, 1.165) is 34.0 Å². The molecule has 0 amide bonds. The van der Waals surface area contributed by atoms with Gasteiger partial charge in [0, 0.05) is 34.0 Å². The molecule has 2 aromatic heterocycles. The molecule has 0 bridgehead atoms. The molecule has 3 heterocycles. The van der Waals surface area contributed by atoms with E-state index in [0.29, 0.717) is 10.1 Å². The molecule has 1 aliphatic heterocycles. The standard InChI is InChI=1S/C26H23ClN4OS/c1-16-14-22(17(2)30(16)20-7-5-6-18(27)15-20)25-24(23-8-3-4-13-28-23)29-26(33)31(25)19-9-11-21(32)12-10-19/h3-15,24-25,32H,1-2H3,(H,29,33)/t24-,25+/m1/s1. The summed E-state index contributed by atoms with van der Waals surface area (Å²) in [5.74, 6) is 0.216. The number of hydrogen-bond acceptors (Lipinski definition) is 3. The van der Waals surface area contributed by atoms with Crippen molar-refractivity contribution in [2.45, 2.75) is 25.9 Å². The zero-order valence-electron chi connectivity index (χ0n) is 18.2. The van der Waals surface area contributed by atoms with E-state index >= 15 is 0 Å². The molecule has 5 rings (SSSR count). The van der Waals surface area contributed by atoms with Gasteiger partial charge in [0.15, 0.2) is 5.11 Å². The average Bonchev–Trinajstić information content (AvgIpc) is 3.30. The fourth-order valence-corrected chi connectivity index (χ4v) is 5.19. The summed E-state index contributed by atoms with van der Waals surface area (Å²) in [6, 6.07) is 22.8. The number of aromatic hydroxyl groups is 1. The van der Waals surface area contributed by atoms with Crippen molar-refractivity contribution in [2.75, 3.05) is 4.90 Å². The summed E-state index contributed by atoms with van der Waals surface area (Å²) in [6.07, 6.45) is 1.80. The number of aromatic nitrogens is 2. The van der Waals surface area contributed by atoms with Gasteiger partial charge in [-0.2, -0.15) is 0 Å². The van der Waals surface area contributed by atoms with Gasteiger partial charge in [0.2, 0.25) is 0 Å². The van der Waals surface area contributed by atoms with Crippen LogP contribution in [0, 0.1) is 13.8 Å². The Balaban J connectivity index is 1.68. The van der Waals surface area contributed by atoms with Gasteiger partial charge in [0.25, 0.3) is 0 Å². The van der Waals surface area contributed by atoms with Crippen LogP contribution in [0.25, 0.3) is 5.69 Å². The number of nitrogens with one attached hydrogen (secondary N) is 1. The van der Waals surface area contributed by atoms with E-state index < -0.39 is 0 Å². The van der Waals surface area contributed by atoms with E-state index in [1.807, 2.05) is 48.5 Å². The van der Waals surface area contributed by atoms with Gasteiger partial charge in [-0.15, -0.1) is 0 Å². The zero-order chi connectivity index (χ0) is 23.1. The maximum Gasteiger partial charge on any atom is 0.174 e. The molecule has 5 nitrogen and oxygen atoms in total. The first-order chi connectivity index (χ1) is 15.9. The summed E-state index contributed by atoms with van der Waals surface area (Å²) >= 11 is 12.1. The summed E-state index contributed by atoms with van der Waals surface area (Å²) < 4.78 is 2.22. The third-order valence-electron chi connectivity index (χ3n) is 6.08. The van der Waals surface area contributed by atoms with Crippen LogP contribution in [0.3, 0.4) is 0 Å². The first kappa shape index (κ1) is 21.5. The number of anilines is 1. The lowest BCUT2D eigenvalue weighted by molar-refractivity contribution is 0.475. The van der Waals surface area contributed by atoms with E-state index in [1.54, 1.807) is 18.3 Å². The number of benzene rings is 2. The topological polar surface area (TPSA) is 53.3 Å². The number of phenols is 1. The van der Waals surface area contributed by atoms with Crippen molar-refractivity contribution < 1.29 is 5.11 Å². The molecule has 0 saturated carbocycles. The summed E-state index contributed by atoms with van der Waals surface area (Å²) in [4.78, 5) is 6.74. The van der Waals surface area contributed by atoms with Crippen LogP contribution in [0.2, 0.25) is 5.02 Å². The van der Waals surface area contributed by atoms with Crippen molar-refractivity contribution in [3.8, 4) is 11.4 Å². The molecule has 1 saturated heterocycles. The molecule has 4 aromatic rings. The van der Waals surface area contributed by atoms with Gasteiger partial charge in [-0.05, 0) is 92.3 Å². The second-order valence-electron chi connectivity index (χ2n) is 8.15. The second-order valence-corrected chi connectivity index (χ2v) is 8.98. The smallest absolute Gasteiger partial charge is 0.174 e. The number of thiocarbonyl (C=S) groups is 1. The number of nitrogens with zero attached hydrogens (tertiary/aromatic N) is 3. The average molecular weight is 475 g/mol. The SMILES string of the molecule is Cc1cc([C@H]2[C@@H](c3ccccn3)NC(=S)N2c2ccc(O)cc2)c(C)n1-c1cccc(Cl)c1. The van der Waals surface area contributed by atoms with E-state index in [1.165, 1.54) is 0 Å². The van der Waals surface area contributed by atoms with E-state index in [4.69, 9.17) is 23.8 Å². The van der Waals surface area contributed by atoms with Crippen molar-refractivity contribution in [2.24, 2.45) is 0 Å². The van der Waals surface area contributed by atoms with Gasteiger partial charge in [0.1, 0.15) is 5.75 Å². The van der Waals surface area contributed by atoms with Crippen LogP contribution in [-0.4, -0.2) is 19.8 Å². The highest BCUT2D eigenvalue weighted by atomic mass is 35.5. The minimum Gasteiger partial charge on any atom is -0.508 e. The molecule has 2 N–H and O–H groups in total. The molecule has 166 valence electrons. The monoisotopic (exact) mass is 474 g/mol. The number of halogens is 1. The Morgan fingerprint density at radius 1 is 0.970 bits per heavy atom. The van der Waals surface area contributed by atoms with Gasteiger partial charge in [-0.1, -0.05) is 23.7 Å². The third-order valence-corrected chi connectivity index (χ3v) is 6.63. The summed E-state index contributed by atoms with van der Waals surface area (Å²) in [5.41, 5.74) is 6.19. The van der Waals surface area contributed by atoms with Crippen LogP contribution in [-0.2, 0) is 0 Å². The molecule has 1 fully saturated rings. The number of hydrogen-bond donors (Lipinski definition) is 2. The van der Waals surface area contributed by atoms with Crippen molar-refractivity contribution in [3.05, 3.63) is 107 Å². The quantitative estimate of drug-likeness (QED) is 0.354. The highest BCUT2D eigenvalue weighted by Gasteiger charge is 2.42. The van der Waals surface area contributed by atoms with Gasteiger partial charge in [-0.3, -0.25) is 4.98 Å². The number of aryl methyl sites for hydroxylation is 1. The van der Waals surface area contributed by atoms with Crippen molar-refractivity contribution >= 4 is 34.6 Å². The van der Waals surface area contributed by atoms with Crippen LogP contribution in [0.5, 0.6) is 5.75 Å². The van der Waals surface area contributed by atoms with Gasteiger partial charge in [0.05, 0.1) is 17.8 Å². The van der Waals surface area contributed by atoms with Crippen LogP contribution in [0.1, 0.15) is 34.7 Å². The number of pyridine rings is 1. The first-order valence-corrected chi connectivity index (χ1v) is 11.5. The van der Waals surface area contributed by atoms with E-state index in [-0.39, 0.29) is 17.8 Å². The molecular weight excluding hydrogens is 452 g/mol. The number of phenolic OH excluding ortho intramolecular Hbond substituents is 1. The lowest BCUT2D eigenvalue weighted by Crippen LogP contribution is -2.29. The molecule has 2 aromatic carbocycles. The van der Waals surface area contributed by atoms with E-state index in [9.17, 15) is 5.11 Å². The predicted molar refractivity (Wildman–Crippen MR) is 136 cm³/mol. The van der Waals surface area contributed by atoms with E-state index in [2.05, 4.69) is 45.7 Å². The normalized spacial score (nSPS) is 17.9. The highest BCUT2D eigenvalue weighted by Crippen LogP contribution is 2.44. The molecule has 2 atom stereocenters. The van der Waals surface area contributed by atoms with Crippen LogP contribution in [0.4, 0.5) is 5.69 Å². The summed E-state index contributed by atoms with van der Waals surface area (Å²) in [5, 5.41) is 14.6. The lowest BCUT2D eigenvalue weighted by Gasteiger charge is -2.28. The van der Waals surface area contributed by atoms with Gasteiger partial charge >= 0.3 is 0 Å². The van der Waals surface area contributed by atoms with Gasteiger partial charge < -0.3 is 19.9 Å². The highest BCUT2D eigenvalue weighted by molar-refractivity contribution is 7.80. The largest absolute Gasteiger partial charge is 0.508 e. The lowest BCUT2D eigenvalue weighted by atomic mass is 9.96. The molecule has 7 heteroatoms. The fraction of sp³-hybridized carbons (Fsp3) is 0.154. The minimum atomic E-state index is -0.138. The van der Waals surface area contributed by atoms with Crippen LogP contribution in [0.15, 0.2) is 79.0 Å². The molecule has 0 aliphatic carbocycles. The Morgan fingerprint density at radius 3 is 2.45 bits per heavy atom. The van der Waals surface area contributed by atoms with Crippen molar-refractivity contribution in [1.29, 1.82) is 0 Å². The second kappa shape index (κ2) is 8.54. The van der Waals surface area contributed by atoms with Crippen LogP contribution >= 0.6 is 23.8 Å².